The zero-order valence-corrected chi connectivity index (χ0v) is 13.6. The van der Waals surface area contributed by atoms with Gasteiger partial charge in [-0.3, -0.25) is 14.4 Å². The summed E-state index contributed by atoms with van der Waals surface area (Å²) in [6, 6.07) is 6.97. The van der Waals surface area contributed by atoms with Gasteiger partial charge in [0.15, 0.2) is 6.10 Å². The van der Waals surface area contributed by atoms with Gasteiger partial charge in [0.1, 0.15) is 5.75 Å². The molecule has 0 radical (unpaired) electrons. The van der Waals surface area contributed by atoms with E-state index in [0.29, 0.717) is 37.5 Å². The number of carboxylic acids is 1. The maximum absolute atomic E-state index is 12.2. The molecule has 3 N–H and O–H groups in total. The monoisotopic (exact) mass is 348 g/mol. The summed E-state index contributed by atoms with van der Waals surface area (Å²) < 4.78 is 10.8. The highest BCUT2D eigenvalue weighted by Gasteiger charge is 2.40. The third kappa shape index (κ3) is 3.74. The molecule has 1 saturated heterocycles. The highest BCUT2D eigenvalue weighted by Crippen LogP contribution is 2.31. The number of carboxylic acid groups (broad SMARTS) is 1. The number of nitrogens with one attached hydrogen (secondary N) is 2. The van der Waals surface area contributed by atoms with Gasteiger partial charge >= 0.3 is 5.97 Å². The van der Waals surface area contributed by atoms with Crippen molar-refractivity contribution >= 4 is 23.5 Å². The van der Waals surface area contributed by atoms with Crippen molar-refractivity contribution < 1.29 is 29.0 Å². The maximum Gasteiger partial charge on any atom is 0.311 e. The van der Waals surface area contributed by atoms with Crippen LogP contribution in [-0.4, -0.2) is 48.8 Å². The predicted molar refractivity (Wildman–Crippen MR) is 87.2 cm³/mol. The number of para-hydroxylation sites is 2. The first kappa shape index (κ1) is 17.2. The summed E-state index contributed by atoms with van der Waals surface area (Å²) in [5.41, 5.74) is -0.452. The zero-order chi connectivity index (χ0) is 17.9. The minimum Gasteiger partial charge on any atom is -0.481 e. The molecular formula is C17H20N2O6. The number of fused-ring (bicyclic) bond motifs is 1. The Morgan fingerprint density at radius 1 is 1.28 bits per heavy atom. The summed E-state index contributed by atoms with van der Waals surface area (Å²) in [4.78, 5) is 35.8. The minimum absolute atomic E-state index is 0.00938. The number of hydrogen-bond acceptors (Lipinski definition) is 5. The number of carbonyl (C=O) groups excluding carboxylic acids is 2. The molecule has 1 atom stereocenters. The Morgan fingerprint density at radius 2 is 2.00 bits per heavy atom. The SMILES string of the molecule is O=C(CC1Oc2ccccc2NC1=O)NCC1(C(=O)O)CCOCC1. The summed E-state index contributed by atoms with van der Waals surface area (Å²) in [5, 5.41) is 14.8. The number of aliphatic carboxylic acids is 1. The lowest BCUT2D eigenvalue weighted by molar-refractivity contribution is -0.154. The van der Waals surface area contributed by atoms with Crippen molar-refractivity contribution in [3.8, 4) is 5.75 Å². The second-order valence-corrected chi connectivity index (χ2v) is 6.27. The van der Waals surface area contributed by atoms with Crippen molar-refractivity contribution in [3.05, 3.63) is 24.3 Å². The fourth-order valence-electron chi connectivity index (χ4n) is 2.96. The molecular weight excluding hydrogens is 328 g/mol. The van der Waals surface area contributed by atoms with Gasteiger partial charge in [0.2, 0.25) is 5.91 Å². The van der Waals surface area contributed by atoms with Gasteiger partial charge in [-0.15, -0.1) is 0 Å². The second-order valence-electron chi connectivity index (χ2n) is 6.27. The molecule has 0 aromatic heterocycles. The normalized spacial score (nSPS) is 21.4. The lowest BCUT2D eigenvalue weighted by Crippen LogP contribution is -2.48. The molecule has 2 heterocycles. The van der Waals surface area contributed by atoms with Crippen LogP contribution in [0.5, 0.6) is 5.75 Å². The van der Waals surface area contributed by atoms with Crippen LogP contribution in [0.3, 0.4) is 0 Å². The van der Waals surface area contributed by atoms with E-state index in [1.807, 2.05) is 0 Å². The zero-order valence-electron chi connectivity index (χ0n) is 13.6. The summed E-state index contributed by atoms with van der Waals surface area (Å²) in [6.45, 7) is 0.718. The molecule has 0 saturated carbocycles. The molecule has 8 heteroatoms. The number of carbonyl (C=O) groups is 3. The Morgan fingerprint density at radius 3 is 2.72 bits per heavy atom. The first-order chi connectivity index (χ1) is 12.0. The second kappa shape index (κ2) is 7.10. The van der Waals surface area contributed by atoms with Crippen molar-refractivity contribution in [2.45, 2.75) is 25.4 Å². The number of amides is 2. The van der Waals surface area contributed by atoms with E-state index in [-0.39, 0.29) is 13.0 Å². The predicted octanol–water partition coefficient (Wildman–Crippen LogP) is 0.774. The lowest BCUT2D eigenvalue weighted by atomic mass is 9.80. The van der Waals surface area contributed by atoms with E-state index in [1.165, 1.54) is 0 Å². The molecule has 1 aromatic rings. The first-order valence-corrected chi connectivity index (χ1v) is 8.15. The highest BCUT2D eigenvalue weighted by molar-refractivity contribution is 6.00. The van der Waals surface area contributed by atoms with Crippen LogP contribution < -0.4 is 15.4 Å². The van der Waals surface area contributed by atoms with E-state index >= 15 is 0 Å². The summed E-state index contributed by atoms with van der Waals surface area (Å²) in [6.07, 6.45) is -0.426. The van der Waals surface area contributed by atoms with Crippen molar-refractivity contribution in [2.75, 3.05) is 25.1 Å². The van der Waals surface area contributed by atoms with Crippen LogP contribution in [0.25, 0.3) is 0 Å². The highest BCUT2D eigenvalue weighted by atomic mass is 16.5. The van der Waals surface area contributed by atoms with Crippen LogP contribution in [0.4, 0.5) is 5.69 Å². The molecule has 0 aliphatic carbocycles. The van der Waals surface area contributed by atoms with Crippen LogP contribution in [0.2, 0.25) is 0 Å². The Labute approximate surface area is 144 Å². The topological polar surface area (TPSA) is 114 Å². The molecule has 2 amide bonds. The van der Waals surface area contributed by atoms with E-state index < -0.39 is 29.3 Å². The van der Waals surface area contributed by atoms with Crippen LogP contribution in [0.1, 0.15) is 19.3 Å². The Kier molecular flexibility index (Phi) is 4.89. The fourth-order valence-corrected chi connectivity index (χ4v) is 2.96. The van der Waals surface area contributed by atoms with E-state index in [0.717, 1.165) is 0 Å². The smallest absolute Gasteiger partial charge is 0.311 e. The van der Waals surface area contributed by atoms with Gasteiger partial charge in [-0.25, -0.2) is 0 Å². The summed E-state index contributed by atoms with van der Waals surface area (Å²) in [5.74, 6) is -1.26. The van der Waals surface area contributed by atoms with Crippen LogP contribution in [0, 0.1) is 5.41 Å². The molecule has 25 heavy (non-hydrogen) atoms. The number of hydrogen-bond donors (Lipinski definition) is 3. The number of ether oxygens (including phenoxy) is 2. The molecule has 0 spiro atoms. The molecule has 3 rings (SSSR count). The van der Waals surface area contributed by atoms with Gasteiger partial charge in [0, 0.05) is 19.8 Å². The van der Waals surface area contributed by atoms with E-state index in [1.54, 1.807) is 24.3 Å². The van der Waals surface area contributed by atoms with Crippen molar-refractivity contribution in [1.82, 2.24) is 5.32 Å². The lowest BCUT2D eigenvalue weighted by Gasteiger charge is -2.33. The van der Waals surface area contributed by atoms with Gasteiger partial charge in [-0.1, -0.05) is 12.1 Å². The number of anilines is 1. The van der Waals surface area contributed by atoms with Gasteiger partial charge in [-0.2, -0.15) is 0 Å². The molecule has 1 fully saturated rings. The Hall–Kier alpha value is -2.61. The molecule has 134 valence electrons. The number of rotatable bonds is 5. The largest absolute Gasteiger partial charge is 0.481 e. The molecule has 0 bridgehead atoms. The van der Waals surface area contributed by atoms with Gasteiger partial charge < -0.3 is 25.2 Å². The number of benzene rings is 1. The standard InChI is InChI=1S/C17H20N2O6/c20-14(18-10-17(16(22)23)5-7-24-8-6-17)9-13-15(21)19-11-3-1-2-4-12(11)25-13/h1-4,13H,5-10H2,(H,18,20)(H,19,21)(H,22,23). The molecule has 2 aliphatic rings. The quantitative estimate of drug-likeness (QED) is 0.724. The van der Waals surface area contributed by atoms with E-state index in [2.05, 4.69) is 10.6 Å². The van der Waals surface area contributed by atoms with Gasteiger partial charge in [-0.05, 0) is 25.0 Å². The Balaban J connectivity index is 1.57. The average Bonchev–Trinajstić information content (AvgIpc) is 2.61. The van der Waals surface area contributed by atoms with E-state index in [9.17, 15) is 19.5 Å². The maximum atomic E-state index is 12.2. The average molecular weight is 348 g/mol. The van der Waals surface area contributed by atoms with Crippen molar-refractivity contribution in [2.24, 2.45) is 5.41 Å². The molecule has 2 aliphatic heterocycles. The van der Waals surface area contributed by atoms with Crippen LogP contribution >= 0.6 is 0 Å². The molecule has 1 unspecified atom stereocenters. The molecule has 8 nitrogen and oxygen atoms in total. The van der Waals surface area contributed by atoms with Crippen LogP contribution in [0.15, 0.2) is 24.3 Å². The Bertz CT molecular complexity index is 683. The van der Waals surface area contributed by atoms with Crippen LogP contribution in [-0.2, 0) is 19.1 Å². The van der Waals surface area contributed by atoms with E-state index in [4.69, 9.17) is 9.47 Å². The third-order valence-electron chi connectivity index (χ3n) is 4.60. The third-order valence-corrected chi connectivity index (χ3v) is 4.60. The fraction of sp³-hybridized carbons (Fsp3) is 0.471. The summed E-state index contributed by atoms with van der Waals surface area (Å²) in [7, 11) is 0. The molecule has 1 aromatic carbocycles. The van der Waals surface area contributed by atoms with Crippen molar-refractivity contribution in [1.29, 1.82) is 0 Å². The summed E-state index contributed by atoms with van der Waals surface area (Å²) >= 11 is 0. The minimum atomic E-state index is -1.02. The first-order valence-electron chi connectivity index (χ1n) is 8.15. The van der Waals surface area contributed by atoms with Gasteiger partial charge in [0.05, 0.1) is 17.5 Å². The van der Waals surface area contributed by atoms with Crippen molar-refractivity contribution in [3.63, 3.8) is 0 Å². The van der Waals surface area contributed by atoms with Gasteiger partial charge in [0.25, 0.3) is 5.91 Å².